The molecule has 1 unspecified atom stereocenters. The number of carboxylic acid groups (broad SMARTS) is 1. The van der Waals surface area contributed by atoms with E-state index in [4.69, 9.17) is 5.11 Å². The summed E-state index contributed by atoms with van der Waals surface area (Å²) in [7, 11) is 0. The third-order valence-electron chi connectivity index (χ3n) is 3.44. The van der Waals surface area contributed by atoms with Crippen molar-refractivity contribution in [3.63, 3.8) is 0 Å². The number of aromatic carboxylic acids is 1. The van der Waals surface area contributed by atoms with Crippen molar-refractivity contribution in [2.45, 2.75) is 25.5 Å². The van der Waals surface area contributed by atoms with Crippen LogP contribution in [0, 0.1) is 0 Å². The number of benzene rings is 1. The molecule has 1 saturated heterocycles. The lowest BCUT2D eigenvalue weighted by molar-refractivity contribution is -0.129. The first-order valence-corrected chi connectivity index (χ1v) is 8.49. The lowest BCUT2D eigenvalue weighted by atomic mass is 10.2. The minimum absolute atomic E-state index is 0.111. The highest BCUT2D eigenvalue weighted by atomic mass is 32.2. The van der Waals surface area contributed by atoms with E-state index in [1.165, 1.54) is 36.0 Å². The molecule has 2 amide bonds. The Balaban J connectivity index is 2.08. The number of carboxylic acids is 1. The third kappa shape index (κ3) is 4.14. The van der Waals surface area contributed by atoms with Crippen LogP contribution >= 0.6 is 11.8 Å². The van der Waals surface area contributed by atoms with Crippen LogP contribution < -0.4 is 5.32 Å². The summed E-state index contributed by atoms with van der Waals surface area (Å²) in [5.74, 6) is -1.44. The Bertz CT molecular complexity index is 672. The molecule has 128 valence electrons. The van der Waals surface area contributed by atoms with Gasteiger partial charge in [0.25, 0.3) is 0 Å². The smallest absolute Gasteiger partial charge is 0.335 e. The molecule has 1 aromatic rings. The van der Waals surface area contributed by atoms with Crippen molar-refractivity contribution in [3.8, 4) is 0 Å². The summed E-state index contributed by atoms with van der Waals surface area (Å²) in [6.07, 6.45) is 0.111. The first kappa shape index (κ1) is 18.0. The first-order chi connectivity index (χ1) is 11.5. The molecule has 8 heteroatoms. The van der Waals surface area contributed by atoms with Gasteiger partial charge in [0.05, 0.1) is 5.56 Å². The largest absolute Gasteiger partial charge is 0.478 e. The monoisotopic (exact) mass is 349 g/mol. The summed E-state index contributed by atoms with van der Waals surface area (Å²) in [5.41, 5.74) is 0.635. The van der Waals surface area contributed by atoms with Crippen LogP contribution in [-0.2, 0) is 9.59 Å². The SMILES string of the molecule is CCN=C1SC(C(=O)Nc2ccc(C(=O)O)cc2)CC(=O)N1CC. The summed E-state index contributed by atoms with van der Waals surface area (Å²) >= 11 is 1.28. The highest BCUT2D eigenvalue weighted by Gasteiger charge is 2.34. The predicted molar refractivity (Wildman–Crippen MR) is 93.4 cm³/mol. The fraction of sp³-hybridized carbons (Fsp3) is 0.375. The fourth-order valence-electron chi connectivity index (χ4n) is 2.24. The summed E-state index contributed by atoms with van der Waals surface area (Å²) in [6, 6.07) is 5.88. The van der Waals surface area contributed by atoms with Crippen molar-refractivity contribution < 1.29 is 19.5 Å². The van der Waals surface area contributed by atoms with Crippen molar-refractivity contribution >= 4 is 40.4 Å². The molecule has 0 bridgehead atoms. The lowest BCUT2D eigenvalue weighted by Gasteiger charge is -2.30. The number of carbonyl (C=O) groups is 3. The second-order valence-corrected chi connectivity index (χ2v) is 6.25. The van der Waals surface area contributed by atoms with Crippen molar-refractivity contribution in [1.82, 2.24) is 4.90 Å². The summed E-state index contributed by atoms with van der Waals surface area (Å²) in [4.78, 5) is 41.3. The number of amides is 2. The maximum absolute atomic E-state index is 12.4. The van der Waals surface area contributed by atoms with E-state index in [1.807, 2.05) is 13.8 Å². The van der Waals surface area contributed by atoms with Gasteiger partial charge in [-0.1, -0.05) is 11.8 Å². The van der Waals surface area contributed by atoms with E-state index in [2.05, 4.69) is 10.3 Å². The quantitative estimate of drug-likeness (QED) is 0.848. The number of carbonyl (C=O) groups excluding carboxylic acids is 2. The summed E-state index contributed by atoms with van der Waals surface area (Å²) < 4.78 is 0. The Morgan fingerprint density at radius 3 is 2.54 bits per heavy atom. The van der Waals surface area contributed by atoms with Gasteiger partial charge in [-0.3, -0.25) is 19.5 Å². The molecule has 2 rings (SSSR count). The van der Waals surface area contributed by atoms with Crippen molar-refractivity contribution in [2.75, 3.05) is 18.4 Å². The zero-order valence-corrected chi connectivity index (χ0v) is 14.3. The molecule has 1 fully saturated rings. The van der Waals surface area contributed by atoms with E-state index in [0.717, 1.165) is 0 Å². The van der Waals surface area contributed by atoms with Gasteiger partial charge in [-0.25, -0.2) is 4.79 Å². The number of aliphatic imine (C=N–C) groups is 1. The fourth-order valence-corrected chi connectivity index (χ4v) is 3.45. The molecule has 1 aliphatic heterocycles. The van der Waals surface area contributed by atoms with Gasteiger partial charge in [-0.2, -0.15) is 0 Å². The van der Waals surface area contributed by atoms with Crippen LogP contribution in [0.4, 0.5) is 5.69 Å². The average Bonchev–Trinajstić information content (AvgIpc) is 2.55. The number of amidine groups is 1. The number of rotatable bonds is 5. The molecule has 0 aliphatic carbocycles. The van der Waals surface area contributed by atoms with Crippen LogP contribution in [-0.4, -0.2) is 51.3 Å². The van der Waals surface area contributed by atoms with E-state index in [0.29, 0.717) is 23.9 Å². The number of nitrogens with one attached hydrogen (secondary N) is 1. The standard InChI is InChI=1S/C16H19N3O4S/c1-3-17-16-19(4-2)13(20)9-12(24-16)14(21)18-11-7-5-10(6-8-11)15(22)23/h5-8,12H,3-4,9H2,1-2H3,(H,18,21)(H,22,23). The van der Waals surface area contributed by atoms with Gasteiger partial charge in [0, 0.05) is 25.2 Å². The molecular formula is C16H19N3O4S. The zero-order chi connectivity index (χ0) is 17.7. The zero-order valence-electron chi connectivity index (χ0n) is 13.5. The van der Waals surface area contributed by atoms with Crippen LogP contribution in [0.15, 0.2) is 29.3 Å². The molecule has 2 N–H and O–H groups in total. The molecule has 7 nitrogen and oxygen atoms in total. The second-order valence-electron chi connectivity index (χ2n) is 5.08. The van der Waals surface area contributed by atoms with E-state index in [9.17, 15) is 14.4 Å². The third-order valence-corrected chi connectivity index (χ3v) is 4.67. The van der Waals surface area contributed by atoms with Crippen molar-refractivity contribution in [1.29, 1.82) is 0 Å². The molecule has 1 heterocycles. The van der Waals surface area contributed by atoms with Gasteiger partial charge in [-0.05, 0) is 38.1 Å². The van der Waals surface area contributed by atoms with Gasteiger partial charge in [0.1, 0.15) is 5.25 Å². The van der Waals surface area contributed by atoms with Gasteiger partial charge in [0.2, 0.25) is 11.8 Å². The van der Waals surface area contributed by atoms with Crippen LogP contribution in [0.2, 0.25) is 0 Å². The van der Waals surface area contributed by atoms with Crippen molar-refractivity contribution in [3.05, 3.63) is 29.8 Å². The van der Waals surface area contributed by atoms with E-state index >= 15 is 0 Å². The minimum Gasteiger partial charge on any atom is -0.478 e. The van der Waals surface area contributed by atoms with Gasteiger partial charge in [-0.15, -0.1) is 0 Å². The highest BCUT2D eigenvalue weighted by Crippen LogP contribution is 2.27. The Morgan fingerprint density at radius 1 is 1.33 bits per heavy atom. The van der Waals surface area contributed by atoms with Crippen LogP contribution in [0.5, 0.6) is 0 Å². The molecule has 0 aromatic heterocycles. The maximum Gasteiger partial charge on any atom is 0.335 e. The normalized spacial score (nSPS) is 19.4. The minimum atomic E-state index is -1.03. The Hall–Kier alpha value is -2.35. The van der Waals surface area contributed by atoms with Crippen LogP contribution in [0.25, 0.3) is 0 Å². The maximum atomic E-state index is 12.4. The molecule has 24 heavy (non-hydrogen) atoms. The number of hydrogen-bond acceptors (Lipinski definition) is 5. The Morgan fingerprint density at radius 2 is 2.00 bits per heavy atom. The predicted octanol–water partition coefficient (Wildman–Crippen LogP) is 2.05. The number of hydrogen-bond donors (Lipinski definition) is 2. The van der Waals surface area contributed by atoms with E-state index in [1.54, 1.807) is 4.90 Å². The van der Waals surface area contributed by atoms with Crippen LogP contribution in [0.1, 0.15) is 30.6 Å². The van der Waals surface area contributed by atoms with Gasteiger partial charge < -0.3 is 10.4 Å². The number of anilines is 1. The molecule has 1 atom stereocenters. The van der Waals surface area contributed by atoms with E-state index < -0.39 is 11.2 Å². The topological polar surface area (TPSA) is 99.1 Å². The van der Waals surface area contributed by atoms with Crippen molar-refractivity contribution in [2.24, 2.45) is 4.99 Å². The highest BCUT2D eigenvalue weighted by molar-refractivity contribution is 8.15. The Kier molecular flexibility index (Phi) is 5.97. The Labute approximate surface area is 144 Å². The molecule has 0 spiro atoms. The van der Waals surface area contributed by atoms with Gasteiger partial charge >= 0.3 is 5.97 Å². The number of nitrogens with zero attached hydrogens (tertiary/aromatic N) is 2. The first-order valence-electron chi connectivity index (χ1n) is 7.62. The van der Waals surface area contributed by atoms with Gasteiger partial charge in [0.15, 0.2) is 5.17 Å². The second kappa shape index (κ2) is 7.96. The number of thioether (sulfide) groups is 1. The molecule has 0 saturated carbocycles. The molecule has 1 aliphatic rings. The summed E-state index contributed by atoms with van der Waals surface area (Å²) in [6.45, 7) is 4.81. The molecule has 1 aromatic carbocycles. The van der Waals surface area contributed by atoms with Crippen LogP contribution in [0.3, 0.4) is 0 Å². The average molecular weight is 349 g/mol. The summed E-state index contributed by atoms with van der Waals surface area (Å²) in [5, 5.41) is 11.6. The lowest BCUT2D eigenvalue weighted by Crippen LogP contribution is -2.45. The molecule has 0 radical (unpaired) electrons. The molecular weight excluding hydrogens is 330 g/mol. The van der Waals surface area contributed by atoms with E-state index in [-0.39, 0.29) is 23.8 Å².